The molecule has 1 N–H and O–H groups in total. The molecule has 0 fully saturated rings. The largest absolute Gasteiger partial charge is 0.484 e. The molecule has 0 spiro atoms. The number of benzene rings is 2. The van der Waals surface area contributed by atoms with E-state index in [9.17, 15) is 9.18 Å². The molecule has 0 heterocycles. The first-order valence-electron chi connectivity index (χ1n) is 6.83. The van der Waals surface area contributed by atoms with Crippen molar-refractivity contribution in [1.29, 1.82) is 0 Å². The van der Waals surface area contributed by atoms with Crippen LogP contribution >= 0.6 is 0 Å². The first-order valence-corrected chi connectivity index (χ1v) is 6.83. The van der Waals surface area contributed by atoms with Gasteiger partial charge in [-0.1, -0.05) is 38.1 Å². The van der Waals surface area contributed by atoms with E-state index in [1.807, 2.05) is 24.3 Å². The molecule has 0 aromatic heterocycles. The van der Waals surface area contributed by atoms with Crippen LogP contribution in [0.4, 0.5) is 10.1 Å². The second-order valence-corrected chi connectivity index (χ2v) is 5.04. The zero-order valence-electron chi connectivity index (χ0n) is 12.1. The lowest BCUT2D eigenvalue weighted by Gasteiger charge is -2.14. The predicted octanol–water partition coefficient (Wildman–Crippen LogP) is 3.97. The quantitative estimate of drug-likeness (QED) is 0.903. The van der Waals surface area contributed by atoms with E-state index >= 15 is 0 Å². The van der Waals surface area contributed by atoms with Crippen molar-refractivity contribution in [2.45, 2.75) is 19.8 Å². The fraction of sp³-hybridized carbons (Fsp3) is 0.235. The molecule has 0 aliphatic rings. The van der Waals surface area contributed by atoms with Crippen LogP contribution in [0, 0.1) is 5.82 Å². The molecule has 0 saturated carbocycles. The van der Waals surface area contributed by atoms with Crippen LogP contribution in [0.3, 0.4) is 0 Å². The summed E-state index contributed by atoms with van der Waals surface area (Å²) in [6.07, 6.45) is 0. The van der Waals surface area contributed by atoms with E-state index in [4.69, 9.17) is 4.74 Å². The van der Waals surface area contributed by atoms with Crippen molar-refractivity contribution in [3.05, 3.63) is 59.9 Å². The van der Waals surface area contributed by atoms with Gasteiger partial charge in [0.25, 0.3) is 5.91 Å². The highest BCUT2D eigenvalue weighted by Crippen LogP contribution is 2.23. The third-order valence-electron chi connectivity index (χ3n) is 3.02. The first-order chi connectivity index (χ1) is 10.1. The molecular weight excluding hydrogens is 269 g/mol. The van der Waals surface area contributed by atoms with E-state index in [2.05, 4.69) is 19.2 Å². The molecule has 2 aromatic carbocycles. The number of halogens is 1. The smallest absolute Gasteiger partial charge is 0.262 e. The number of carbonyl (C=O) groups excluding carboxylic acids is 1. The Bertz CT molecular complexity index is 626. The number of para-hydroxylation sites is 1. The van der Waals surface area contributed by atoms with Gasteiger partial charge in [-0.15, -0.1) is 0 Å². The maximum atomic E-state index is 13.0. The number of carbonyl (C=O) groups is 1. The molecule has 0 aliphatic heterocycles. The maximum Gasteiger partial charge on any atom is 0.262 e. The van der Waals surface area contributed by atoms with Crippen LogP contribution in [0.2, 0.25) is 0 Å². The molecule has 3 nitrogen and oxygen atoms in total. The minimum absolute atomic E-state index is 0.157. The number of rotatable bonds is 5. The molecule has 0 radical (unpaired) electrons. The van der Waals surface area contributed by atoms with E-state index < -0.39 is 5.82 Å². The Labute approximate surface area is 123 Å². The summed E-state index contributed by atoms with van der Waals surface area (Å²) in [6.45, 7) is 3.97. The number of ether oxygens (including phenoxy) is 1. The predicted molar refractivity (Wildman–Crippen MR) is 81.1 cm³/mol. The number of hydrogen-bond donors (Lipinski definition) is 1. The lowest BCUT2D eigenvalue weighted by molar-refractivity contribution is -0.118. The van der Waals surface area contributed by atoms with Gasteiger partial charge in [0, 0.05) is 11.8 Å². The van der Waals surface area contributed by atoms with E-state index in [0.717, 1.165) is 11.3 Å². The molecule has 0 atom stereocenters. The number of amides is 1. The van der Waals surface area contributed by atoms with Crippen LogP contribution < -0.4 is 10.1 Å². The van der Waals surface area contributed by atoms with Gasteiger partial charge in [-0.25, -0.2) is 4.39 Å². The van der Waals surface area contributed by atoms with Crippen LogP contribution in [0.1, 0.15) is 25.3 Å². The Morgan fingerprint density at radius 1 is 1.19 bits per heavy atom. The van der Waals surface area contributed by atoms with Crippen molar-refractivity contribution >= 4 is 11.6 Å². The molecule has 2 aromatic rings. The van der Waals surface area contributed by atoms with Gasteiger partial charge in [0.1, 0.15) is 11.6 Å². The minimum Gasteiger partial charge on any atom is -0.484 e. The van der Waals surface area contributed by atoms with Gasteiger partial charge < -0.3 is 10.1 Å². The Morgan fingerprint density at radius 2 is 1.95 bits per heavy atom. The van der Waals surface area contributed by atoms with Crippen molar-refractivity contribution < 1.29 is 13.9 Å². The second-order valence-electron chi connectivity index (χ2n) is 5.04. The van der Waals surface area contributed by atoms with Gasteiger partial charge in [0.15, 0.2) is 6.61 Å². The fourth-order valence-electron chi connectivity index (χ4n) is 2.01. The van der Waals surface area contributed by atoms with Gasteiger partial charge in [0.2, 0.25) is 0 Å². The summed E-state index contributed by atoms with van der Waals surface area (Å²) in [7, 11) is 0. The Hall–Kier alpha value is -2.36. The minimum atomic E-state index is -0.391. The summed E-state index contributed by atoms with van der Waals surface area (Å²) in [5, 5.41) is 2.82. The second kappa shape index (κ2) is 6.88. The highest BCUT2D eigenvalue weighted by atomic mass is 19.1. The van der Waals surface area contributed by atoms with Crippen LogP contribution in [0.5, 0.6) is 5.75 Å². The molecule has 0 unspecified atom stereocenters. The van der Waals surface area contributed by atoms with Gasteiger partial charge in [0.05, 0.1) is 0 Å². The van der Waals surface area contributed by atoms with Gasteiger partial charge in [-0.3, -0.25) is 4.79 Å². The topological polar surface area (TPSA) is 38.3 Å². The average Bonchev–Trinajstić information content (AvgIpc) is 2.45. The Kier molecular flexibility index (Phi) is 4.93. The van der Waals surface area contributed by atoms with Crippen molar-refractivity contribution in [3.63, 3.8) is 0 Å². The Morgan fingerprint density at radius 3 is 2.67 bits per heavy atom. The average molecular weight is 287 g/mol. The highest BCUT2D eigenvalue weighted by Gasteiger charge is 2.09. The molecule has 2 rings (SSSR count). The number of anilines is 1. The molecule has 0 saturated heterocycles. The molecule has 0 bridgehead atoms. The molecule has 0 aliphatic carbocycles. The number of nitrogens with one attached hydrogen (secondary N) is 1. The van der Waals surface area contributed by atoms with Crippen molar-refractivity contribution in [2.75, 3.05) is 11.9 Å². The molecule has 110 valence electrons. The zero-order chi connectivity index (χ0) is 15.2. The van der Waals surface area contributed by atoms with Crippen molar-refractivity contribution in [3.8, 4) is 5.75 Å². The Balaban J connectivity index is 1.96. The van der Waals surface area contributed by atoms with Gasteiger partial charge in [-0.2, -0.15) is 0 Å². The van der Waals surface area contributed by atoms with E-state index in [0.29, 0.717) is 11.7 Å². The molecule has 21 heavy (non-hydrogen) atoms. The first kappa shape index (κ1) is 15.0. The molecule has 1 amide bonds. The summed E-state index contributed by atoms with van der Waals surface area (Å²) in [5.41, 5.74) is 1.84. The van der Waals surface area contributed by atoms with Crippen molar-refractivity contribution in [2.24, 2.45) is 0 Å². The molecular formula is C17H18FNO2. The van der Waals surface area contributed by atoms with Crippen LogP contribution in [0.15, 0.2) is 48.5 Å². The van der Waals surface area contributed by atoms with E-state index in [1.54, 1.807) is 6.07 Å². The third-order valence-corrected chi connectivity index (χ3v) is 3.02. The normalized spacial score (nSPS) is 10.5. The highest BCUT2D eigenvalue weighted by molar-refractivity contribution is 5.92. The summed E-state index contributed by atoms with van der Waals surface area (Å²) in [4.78, 5) is 11.9. The third kappa shape index (κ3) is 4.31. The van der Waals surface area contributed by atoms with Crippen molar-refractivity contribution in [1.82, 2.24) is 0 Å². The lowest BCUT2D eigenvalue weighted by atomic mass is 10.0. The number of hydrogen-bond acceptors (Lipinski definition) is 2. The summed E-state index contributed by atoms with van der Waals surface area (Å²) in [5.74, 6) is -0.0154. The van der Waals surface area contributed by atoms with Crippen LogP contribution in [-0.2, 0) is 4.79 Å². The fourth-order valence-corrected chi connectivity index (χ4v) is 2.01. The standard InChI is InChI=1S/C17H18FNO2/c1-12(2)15-8-3-4-9-16(15)19-17(20)11-21-14-7-5-6-13(18)10-14/h3-10,12H,11H2,1-2H3,(H,19,20). The maximum absolute atomic E-state index is 13.0. The van der Waals surface area contributed by atoms with Crippen LogP contribution in [0.25, 0.3) is 0 Å². The van der Waals surface area contributed by atoms with Crippen LogP contribution in [-0.4, -0.2) is 12.5 Å². The van der Waals surface area contributed by atoms with E-state index in [-0.39, 0.29) is 12.5 Å². The summed E-state index contributed by atoms with van der Waals surface area (Å²) in [6, 6.07) is 13.4. The van der Waals surface area contributed by atoms with Gasteiger partial charge in [-0.05, 0) is 29.7 Å². The monoisotopic (exact) mass is 287 g/mol. The zero-order valence-corrected chi connectivity index (χ0v) is 12.1. The molecule has 4 heteroatoms. The summed E-state index contributed by atoms with van der Waals surface area (Å²) < 4.78 is 18.3. The van der Waals surface area contributed by atoms with Gasteiger partial charge >= 0.3 is 0 Å². The SMILES string of the molecule is CC(C)c1ccccc1NC(=O)COc1cccc(F)c1. The lowest BCUT2D eigenvalue weighted by Crippen LogP contribution is -2.21. The van der Waals surface area contributed by atoms with E-state index in [1.165, 1.54) is 18.2 Å². The summed E-state index contributed by atoms with van der Waals surface area (Å²) >= 11 is 0.